The Morgan fingerprint density at radius 3 is 2.43 bits per heavy atom. The van der Waals surface area contributed by atoms with Gasteiger partial charge < -0.3 is 9.47 Å². The average Bonchev–Trinajstić information content (AvgIpc) is 3.17. The molecule has 0 N–H and O–H groups in total. The zero-order chi connectivity index (χ0) is 19.8. The van der Waals surface area contributed by atoms with Crippen LogP contribution in [-0.2, 0) is 6.54 Å². The molecule has 0 amide bonds. The summed E-state index contributed by atoms with van der Waals surface area (Å²) in [5, 5.41) is 0.605. The Morgan fingerprint density at radius 1 is 1.03 bits per heavy atom. The molecular formula is C23H31Cl3N2O2. The van der Waals surface area contributed by atoms with E-state index >= 15 is 0 Å². The Kier molecular flexibility index (Phi) is 8.72. The van der Waals surface area contributed by atoms with Crippen LogP contribution in [0.3, 0.4) is 0 Å². The number of methoxy groups -OCH3 is 2. The molecule has 30 heavy (non-hydrogen) atoms. The molecule has 2 aliphatic rings. The van der Waals surface area contributed by atoms with Crippen molar-refractivity contribution in [3.63, 3.8) is 0 Å². The molecule has 0 aliphatic carbocycles. The van der Waals surface area contributed by atoms with Gasteiger partial charge in [-0.05, 0) is 54.6 Å². The Labute approximate surface area is 197 Å². The van der Waals surface area contributed by atoms with E-state index in [2.05, 4.69) is 48.0 Å². The van der Waals surface area contributed by atoms with Crippen molar-refractivity contribution < 1.29 is 9.47 Å². The molecule has 2 aromatic carbocycles. The zero-order valence-electron chi connectivity index (χ0n) is 17.9. The second-order valence-corrected chi connectivity index (χ2v) is 8.58. The van der Waals surface area contributed by atoms with Gasteiger partial charge in [0.2, 0.25) is 0 Å². The quantitative estimate of drug-likeness (QED) is 0.592. The minimum Gasteiger partial charge on any atom is -0.493 e. The fraction of sp³-hybridized carbons (Fsp3) is 0.478. The zero-order valence-corrected chi connectivity index (χ0v) is 20.3. The highest BCUT2D eigenvalue weighted by Crippen LogP contribution is 2.45. The molecule has 2 aliphatic heterocycles. The first-order valence-corrected chi connectivity index (χ1v) is 10.3. The Morgan fingerprint density at radius 2 is 1.77 bits per heavy atom. The van der Waals surface area contributed by atoms with E-state index in [0.29, 0.717) is 34.4 Å². The minimum absolute atomic E-state index is 0. The lowest BCUT2D eigenvalue weighted by Gasteiger charge is -2.28. The first kappa shape index (κ1) is 25.1. The first-order chi connectivity index (χ1) is 13.5. The molecule has 0 radical (unpaired) electrons. The van der Waals surface area contributed by atoms with Gasteiger partial charge in [-0.3, -0.25) is 9.80 Å². The van der Waals surface area contributed by atoms with Gasteiger partial charge in [-0.2, -0.15) is 0 Å². The second-order valence-electron chi connectivity index (χ2n) is 8.17. The number of hydrogen-bond donors (Lipinski definition) is 0. The highest BCUT2D eigenvalue weighted by Gasteiger charge is 2.46. The molecule has 3 atom stereocenters. The SMILES string of the molecule is COc1cc(CN2C[C@@H]3CN(C)[C@H](c4ccccc4C)[C@@H]3C2)cc(Cl)c1OC.Cl.Cl. The standard InChI is InChI=1S/C23H29ClN2O2.2ClH/c1-15-7-5-6-8-18(15)22-19-14-26(13-17(19)12-25(22)2)11-16-9-20(24)23(28-4)21(10-16)27-3;;/h5-10,17,19,22H,11-14H2,1-4H3;2*1H/t17-,19+,22+;;/m0../s1. The van der Waals surface area contributed by atoms with Crippen molar-refractivity contribution in [1.29, 1.82) is 0 Å². The molecule has 0 unspecified atom stereocenters. The summed E-state index contributed by atoms with van der Waals surface area (Å²) in [6.45, 7) is 6.52. The van der Waals surface area contributed by atoms with E-state index in [1.807, 2.05) is 12.1 Å². The van der Waals surface area contributed by atoms with Crippen LogP contribution < -0.4 is 9.47 Å². The van der Waals surface area contributed by atoms with Gasteiger partial charge in [0.1, 0.15) is 0 Å². The van der Waals surface area contributed by atoms with Crippen LogP contribution in [0.15, 0.2) is 36.4 Å². The monoisotopic (exact) mass is 472 g/mol. The summed E-state index contributed by atoms with van der Waals surface area (Å²) >= 11 is 6.40. The molecule has 0 aromatic heterocycles. The fourth-order valence-electron chi connectivity index (χ4n) is 5.19. The summed E-state index contributed by atoms with van der Waals surface area (Å²) in [5.41, 5.74) is 4.04. The second kappa shape index (κ2) is 10.4. The van der Waals surface area contributed by atoms with E-state index in [4.69, 9.17) is 21.1 Å². The van der Waals surface area contributed by atoms with Crippen molar-refractivity contribution in [1.82, 2.24) is 9.80 Å². The number of rotatable bonds is 5. The number of aryl methyl sites for hydroxylation is 1. The Hall–Kier alpha value is -1.17. The van der Waals surface area contributed by atoms with Gasteiger partial charge in [0, 0.05) is 32.2 Å². The van der Waals surface area contributed by atoms with Gasteiger partial charge in [-0.15, -0.1) is 24.8 Å². The molecule has 0 saturated carbocycles. The maximum absolute atomic E-state index is 6.40. The summed E-state index contributed by atoms with van der Waals surface area (Å²) in [6, 6.07) is 13.4. The van der Waals surface area contributed by atoms with E-state index in [1.165, 1.54) is 16.7 Å². The Bertz CT molecular complexity index is 864. The third-order valence-electron chi connectivity index (χ3n) is 6.38. The molecule has 7 heteroatoms. The molecule has 2 fully saturated rings. The predicted octanol–water partition coefficient (Wildman–Crippen LogP) is 5.24. The summed E-state index contributed by atoms with van der Waals surface area (Å²) < 4.78 is 10.8. The number of fused-ring (bicyclic) bond motifs is 1. The van der Waals surface area contributed by atoms with Crippen LogP contribution >= 0.6 is 36.4 Å². The maximum atomic E-state index is 6.40. The average molecular weight is 474 g/mol. The van der Waals surface area contributed by atoms with Gasteiger partial charge in [-0.25, -0.2) is 0 Å². The van der Waals surface area contributed by atoms with Crippen molar-refractivity contribution >= 4 is 36.4 Å². The maximum Gasteiger partial charge on any atom is 0.179 e. The lowest BCUT2D eigenvalue weighted by atomic mass is 9.88. The van der Waals surface area contributed by atoms with Crippen molar-refractivity contribution in [2.24, 2.45) is 11.8 Å². The van der Waals surface area contributed by atoms with Crippen LogP contribution in [0.2, 0.25) is 5.02 Å². The molecule has 4 nitrogen and oxygen atoms in total. The fourth-order valence-corrected chi connectivity index (χ4v) is 5.50. The van der Waals surface area contributed by atoms with Crippen LogP contribution in [0.4, 0.5) is 0 Å². The first-order valence-electron chi connectivity index (χ1n) is 9.90. The van der Waals surface area contributed by atoms with Crippen LogP contribution in [0.1, 0.15) is 22.7 Å². The van der Waals surface area contributed by atoms with Crippen molar-refractivity contribution in [3.8, 4) is 11.5 Å². The number of halogens is 3. The number of benzene rings is 2. The van der Waals surface area contributed by atoms with E-state index in [-0.39, 0.29) is 24.8 Å². The van der Waals surface area contributed by atoms with Gasteiger partial charge in [0.05, 0.1) is 19.2 Å². The van der Waals surface area contributed by atoms with Crippen molar-refractivity contribution in [2.75, 3.05) is 40.9 Å². The summed E-state index contributed by atoms with van der Waals surface area (Å²) in [5.74, 6) is 2.68. The molecule has 0 bridgehead atoms. The van der Waals surface area contributed by atoms with Crippen LogP contribution in [0, 0.1) is 18.8 Å². The molecular weight excluding hydrogens is 443 g/mol. The molecule has 2 saturated heterocycles. The van der Waals surface area contributed by atoms with E-state index < -0.39 is 0 Å². The minimum atomic E-state index is 0. The molecule has 2 heterocycles. The predicted molar refractivity (Wildman–Crippen MR) is 128 cm³/mol. The molecule has 0 spiro atoms. The smallest absolute Gasteiger partial charge is 0.179 e. The number of hydrogen-bond acceptors (Lipinski definition) is 4. The van der Waals surface area contributed by atoms with Crippen molar-refractivity contribution in [2.45, 2.75) is 19.5 Å². The van der Waals surface area contributed by atoms with Gasteiger partial charge in [-0.1, -0.05) is 35.9 Å². The van der Waals surface area contributed by atoms with Gasteiger partial charge in [0.15, 0.2) is 11.5 Å². The third kappa shape index (κ3) is 4.68. The van der Waals surface area contributed by atoms with E-state index in [9.17, 15) is 0 Å². The lowest BCUT2D eigenvalue weighted by molar-refractivity contribution is 0.224. The molecule has 166 valence electrons. The normalized spacial score (nSPS) is 23.4. The summed E-state index contributed by atoms with van der Waals surface area (Å²) in [4.78, 5) is 5.10. The summed E-state index contributed by atoms with van der Waals surface area (Å²) in [6.07, 6.45) is 0. The largest absolute Gasteiger partial charge is 0.493 e. The highest BCUT2D eigenvalue weighted by atomic mass is 35.5. The van der Waals surface area contributed by atoms with Gasteiger partial charge >= 0.3 is 0 Å². The Balaban J connectivity index is 0.00000160. The van der Waals surface area contributed by atoms with Crippen LogP contribution in [0.25, 0.3) is 0 Å². The van der Waals surface area contributed by atoms with Gasteiger partial charge in [0.25, 0.3) is 0 Å². The number of likely N-dealkylation sites (tertiary alicyclic amines) is 2. The third-order valence-corrected chi connectivity index (χ3v) is 6.66. The highest BCUT2D eigenvalue weighted by molar-refractivity contribution is 6.32. The lowest BCUT2D eigenvalue weighted by Crippen LogP contribution is -2.29. The van der Waals surface area contributed by atoms with Crippen LogP contribution in [0.5, 0.6) is 11.5 Å². The number of nitrogens with zero attached hydrogens (tertiary/aromatic N) is 2. The molecule has 2 aromatic rings. The molecule has 4 rings (SSSR count). The summed E-state index contributed by atoms with van der Waals surface area (Å²) in [7, 11) is 5.54. The topological polar surface area (TPSA) is 24.9 Å². The van der Waals surface area contributed by atoms with E-state index in [0.717, 1.165) is 26.2 Å². The number of ether oxygens (including phenoxy) is 2. The van der Waals surface area contributed by atoms with Crippen LogP contribution in [-0.4, -0.2) is 50.7 Å². The van der Waals surface area contributed by atoms with Crippen molar-refractivity contribution in [3.05, 3.63) is 58.1 Å². The van der Waals surface area contributed by atoms with E-state index in [1.54, 1.807) is 14.2 Å².